The highest BCUT2D eigenvalue weighted by Gasteiger charge is 2.18. The van der Waals surface area contributed by atoms with Gasteiger partial charge in [-0.1, -0.05) is 15.9 Å². The van der Waals surface area contributed by atoms with Crippen molar-refractivity contribution in [2.45, 2.75) is 4.90 Å². The van der Waals surface area contributed by atoms with Crippen molar-refractivity contribution in [3.05, 3.63) is 28.2 Å². The van der Waals surface area contributed by atoms with Crippen molar-refractivity contribution >= 4 is 44.6 Å². The van der Waals surface area contributed by atoms with Crippen molar-refractivity contribution in [2.75, 3.05) is 5.75 Å². The Bertz CT molecular complexity index is 575. The molecule has 0 heterocycles. The lowest BCUT2D eigenvalue weighted by molar-refractivity contribution is -0.117. The largest absolute Gasteiger partial charge is 0.478 e. The number of carbonyl (C=O) groups is 3. The number of hydrogen-bond acceptors (Lipinski definition) is 4. The van der Waals surface area contributed by atoms with Gasteiger partial charge >= 0.3 is 12.0 Å². The van der Waals surface area contributed by atoms with Gasteiger partial charge < -0.3 is 10.8 Å². The SMILES string of the molecule is NC(=O)NC(=O)CS(=O)c1cc(Br)ccc1C(=O)O. The number of carboxylic acids is 1. The highest BCUT2D eigenvalue weighted by molar-refractivity contribution is 9.10. The second-order valence-corrected chi connectivity index (χ2v) is 5.68. The molecule has 0 saturated carbocycles. The standard InChI is InChI=1S/C10H9BrN2O5S/c11-5-1-2-6(9(15)16)7(3-5)19(18)4-8(14)13-10(12)17/h1-3H,4H2,(H,15,16)(H3,12,13,14,17). The average Bonchev–Trinajstić information content (AvgIpc) is 2.26. The van der Waals surface area contributed by atoms with Crippen LogP contribution in [-0.2, 0) is 15.6 Å². The van der Waals surface area contributed by atoms with Crippen molar-refractivity contribution in [1.82, 2.24) is 5.32 Å². The van der Waals surface area contributed by atoms with E-state index >= 15 is 0 Å². The first-order valence-electron chi connectivity index (χ1n) is 4.81. The quantitative estimate of drug-likeness (QED) is 0.727. The molecule has 1 rings (SSSR count). The fraction of sp³-hybridized carbons (Fsp3) is 0.100. The van der Waals surface area contributed by atoms with Gasteiger partial charge in [-0.15, -0.1) is 0 Å². The Balaban J connectivity index is 2.99. The lowest BCUT2D eigenvalue weighted by atomic mass is 10.2. The molecule has 0 aliphatic carbocycles. The number of carboxylic acid groups (broad SMARTS) is 1. The van der Waals surface area contributed by atoms with Gasteiger partial charge in [0, 0.05) is 4.47 Å². The van der Waals surface area contributed by atoms with Crippen molar-refractivity contribution in [1.29, 1.82) is 0 Å². The summed E-state index contributed by atoms with van der Waals surface area (Å²) in [6.07, 6.45) is 0. The summed E-state index contributed by atoms with van der Waals surface area (Å²) < 4.78 is 12.5. The number of amides is 3. The third-order valence-corrected chi connectivity index (χ3v) is 3.79. The second-order valence-electron chi connectivity index (χ2n) is 3.35. The summed E-state index contributed by atoms with van der Waals surface area (Å²) in [6, 6.07) is 3.03. The molecule has 9 heteroatoms. The number of hydrogen-bond donors (Lipinski definition) is 3. The maximum Gasteiger partial charge on any atom is 0.336 e. The monoisotopic (exact) mass is 348 g/mol. The van der Waals surface area contributed by atoms with Gasteiger partial charge in [0.05, 0.1) is 21.3 Å². The normalized spacial score (nSPS) is 11.6. The van der Waals surface area contributed by atoms with E-state index in [-0.39, 0.29) is 10.5 Å². The van der Waals surface area contributed by atoms with E-state index in [1.54, 1.807) is 5.32 Å². The first kappa shape index (κ1) is 15.3. The van der Waals surface area contributed by atoms with Crippen molar-refractivity contribution in [2.24, 2.45) is 5.73 Å². The fourth-order valence-corrected chi connectivity index (χ4v) is 2.87. The number of nitrogens with one attached hydrogen (secondary N) is 1. The Kier molecular flexibility index (Phi) is 5.19. The van der Waals surface area contributed by atoms with E-state index in [1.807, 2.05) is 0 Å². The molecule has 0 aliphatic heterocycles. The van der Waals surface area contributed by atoms with Crippen molar-refractivity contribution in [3.63, 3.8) is 0 Å². The van der Waals surface area contributed by atoms with Crippen LogP contribution in [0.4, 0.5) is 4.79 Å². The highest BCUT2D eigenvalue weighted by atomic mass is 79.9. The molecule has 3 amide bonds. The number of rotatable bonds is 4. The molecule has 7 nitrogen and oxygen atoms in total. The maximum atomic E-state index is 11.9. The molecule has 19 heavy (non-hydrogen) atoms. The molecule has 0 fully saturated rings. The van der Waals surface area contributed by atoms with Crippen LogP contribution >= 0.6 is 15.9 Å². The molecule has 102 valence electrons. The van der Waals surface area contributed by atoms with Crippen LogP contribution < -0.4 is 11.1 Å². The fourth-order valence-electron chi connectivity index (χ4n) is 1.23. The Morgan fingerprint density at radius 1 is 1.37 bits per heavy atom. The van der Waals surface area contributed by atoms with E-state index < -0.39 is 34.5 Å². The van der Waals surface area contributed by atoms with E-state index in [0.29, 0.717) is 4.47 Å². The number of nitrogens with two attached hydrogens (primary N) is 1. The molecule has 1 aromatic rings. The van der Waals surface area contributed by atoms with Crippen LogP contribution in [0.5, 0.6) is 0 Å². The number of primary amides is 1. The number of urea groups is 1. The van der Waals surface area contributed by atoms with E-state index in [4.69, 9.17) is 10.8 Å². The highest BCUT2D eigenvalue weighted by Crippen LogP contribution is 2.20. The van der Waals surface area contributed by atoms with Gasteiger partial charge in [0.25, 0.3) is 0 Å². The molecule has 0 saturated heterocycles. The van der Waals surface area contributed by atoms with E-state index in [1.165, 1.54) is 18.2 Å². The van der Waals surface area contributed by atoms with Crippen LogP contribution in [0.2, 0.25) is 0 Å². The summed E-state index contributed by atoms with van der Waals surface area (Å²) in [7, 11) is -1.90. The van der Waals surface area contributed by atoms with Gasteiger partial charge in [-0.3, -0.25) is 14.3 Å². The molecule has 4 N–H and O–H groups in total. The van der Waals surface area contributed by atoms with Gasteiger partial charge in [0.15, 0.2) is 0 Å². The van der Waals surface area contributed by atoms with Gasteiger partial charge in [-0.25, -0.2) is 9.59 Å². The second kappa shape index (κ2) is 6.43. The molecular weight excluding hydrogens is 340 g/mol. The predicted octanol–water partition coefficient (Wildman–Crippen LogP) is 0.450. The number of aromatic carboxylic acids is 1. The van der Waals surface area contributed by atoms with E-state index in [9.17, 15) is 18.6 Å². The molecule has 0 spiro atoms. The first-order valence-corrected chi connectivity index (χ1v) is 6.93. The van der Waals surface area contributed by atoms with Crippen LogP contribution in [0.15, 0.2) is 27.6 Å². The van der Waals surface area contributed by atoms with Crippen LogP contribution in [0.3, 0.4) is 0 Å². The summed E-state index contributed by atoms with van der Waals surface area (Å²) in [5, 5.41) is 10.7. The van der Waals surface area contributed by atoms with Crippen LogP contribution in [-0.4, -0.2) is 33.0 Å². The van der Waals surface area contributed by atoms with Crippen LogP contribution in [0.1, 0.15) is 10.4 Å². The minimum absolute atomic E-state index is 0.0125. The molecule has 0 bridgehead atoms. The average molecular weight is 349 g/mol. The van der Waals surface area contributed by atoms with Gasteiger partial charge in [-0.2, -0.15) is 0 Å². The van der Waals surface area contributed by atoms with Crippen LogP contribution in [0.25, 0.3) is 0 Å². The summed E-state index contributed by atoms with van der Waals surface area (Å²) in [6.45, 7) is 0. The number of benzene rings is 1. The summed E-state index contributed by atoms with van der Waals surface area (Å²) in [5.74, 6) is -2.66. The molecular formula is C10H9BrN2O5S. The van der Waals surface area contributed by atoms with Gasteiger partial charge in [-0.05, 0) is 18.2 Å². The summed E-state index contributed by atoms with van der Waals surface area (Å²) in [5.41, 5.74) is 4.57. The van der Waals surface area contributed by atoms with Crippen LogP contribution in [0, 0.1) is 0 Å². The lowest BCUT2D eigenvalue weighted by Gasteiger charge is -2.06. The lowest BCUT2D eigenvalue weighted by Crippen LogP contribution is -2.37. The Morgan fingerprint density at radius 3 is 2.53 bits per heavy atom. The number of carbonyl (C=O) groups excluding carboxylic acids is 2. The molecule has 0 aromatic heterocycles. The zero-order valence-electron chi connectivity index (χ0n) is 9.38. The topological polar surface area (TPSA) is 127 Å². The van der Waals surface area contributed by atoms with Crippen molar-refractivity contribution in [3.8, 4) is 0 Å². The van der Waals surface area contributed by atoms with Gasteiger partial charge in [0.1, 0.15) is 5.75 Å². The smallest absolute Gasteiger partial charge is 0.336 e. The Hall–Kier alpha value is -1.74. The number of halogens is 1. The molecule has 0 radical (unpaired) electrons. The summed E-state index contributed by atoms with van der Waals surface area (Å²) >= 11 is 3.12. The Labute approximate surface area is 118 Å². The zero-order valence-corrected chi connectivity index (χ0v) is 11.8. The minimum Gasteiger partial charge on any atom is -0.478 e. The summed E-state index contributed by atoms with van der Waals surface area (Å²) in [4.78, 5) is 32.6. The molecule has 1 unspecified atom stereocenters. The van der Waals surface area contributed by atoms with E-state index in [0.717, 1.165) is 0 Å². The third kappa shape index (κ3) is 4.45. The third-order valence-electron chi connectivity index (χ3n) is 1.94. The first-order chi connectivity index (χ1) is 8.81. The Morgan fingerprint density at radius 2 is 2.00 bits per heavy atom. The number of imide groups is 1. The van der Waals surface area contributed by atoms with E-state index in [2.05, 4.69) is 15.9 Å². The van der Waals surface area contributed by atoms with Gasteiger partial charge in [0.2, 0.25) is 5.91 Å². The molecule has 1 aromatic carbocycles. The van der Waals surface area contributed by atoms with Crippen molar-refractivity contribution < 1.29 is 23.7 Å². The molecule has 0 aliphatic rings. The zero-order chi connectivity index (χ0) is 14.6. The molecule has 1 atom stereocenters. The predicted molar refractivity (Wildman–Crippen MR) is 70.1 cm³/mol. The maximum absolute atomic E-state index is 11.9. The minimum atomic E-state index is -1.90.